The van der Waals surface area contributed by atoms with Crippen LogP contribution < -0.4 is 0 Å². The summed E-state index contributed by atoms with van der Waals surface area (Å²) in [5.41, 5.74) is 15.2. The fourth-order valence-corrected chi connectivity index (χ4v) is 10.9. The normalized spacial score (nSPS) is 14.2. The van der Waals surface area contributed by atoms with Crippen molar-refractivity contribution in [3.63, 3.8) is 0 Å². The first-order valence-electron chi connectivity index (χ1n) is 14.2. The quantitative estimate of drug-likeness (QED) is 0.193. The summed E-state index contributed by atoms with van der Waals surface area (Å²) in [4.78, 5) is 0. The van der Waals surface area contributed by atoms with Crippen molar-refractivity contribution in [1.82, 2.24) is 0 Å². The number of rotatable bonds is 6. The minimum Gasteiger partial charge on any atom is -0.0649 e. The standard InChI is InChI=1S/C39H32Si/c1-27-24-32-20-12-22-34(30-16-8-4-9-17-30)36(32)38(27)40(26-29-14-6-3-7-15-29)39-28(2)25-33-21-13-23-35(37(33)39)31-18-10-5-11-19-31/h3-25,40H,26H2,1-2H3. The van der Waals surface area contributed by atoms with Crippen molar-refractivity contribution < 1.29 is 0 Å². The van der Waals surface area contributed by atoms with Gasteiger partial charge >= 0.3 is 0 Å². The highest BCUT2D eigenvalue weighted by Gasteiger charge is 2.36. The van der Waals surface area contributed by atoms with Gasteiger partial charge in [-0.15, -0.1) is 0 Å². The summed E-state index contributed by atoms with van der Waals surface area (Å²) in [5, 5.41) is 3.19. The molecule has 0 N–H and O–H groups in total. The molecule has 0 aromatic heterocycles. The van der Waals surface area contributed by atoms with Crippen LogP contribution in [0.1, 0.15) is 41.7 Å². The van der Waals surface area contributed by atoms with Crippen molar-refractivity contribution in [2.24, 2.45) is 0 Å². The number of fused-ring (bicyclic) bond motifs is 2. The van der Waals surface area contributed by atoms with Crippen molar-refractivity contribution in [2.45, 2.75) is 19.9 Å². The molecule has 0 unspecified atom stereocenters. The van der Waals surface area contributed by atoms with Gasteiger partial charge in [0.15, 0.2) is 0 Å². The van der Waals surface area contributed by atoms with Gasteiger partial charge in [-0.3, -0.25) is 0 Å². The average Bonchev–Trinajstić information content (AvgIpc) is 3.52. The van der Waals surface area contributed by atoms with E-state index in [1.807, 2.05) is 0 Å². The maximum Gasteiger partial charge on any atom is 0.108 e. The van der Waals surface area contributed by atoms with Gasteiger partial charge in [0.25, 0.3) is 0 Å². The average molecular weight is 529 g/mol. The monoisotopic (exact) mass is 528 g/mol. The molecule has 0 amide bonds. The highest BCUT2D eigenvalue weighted by Crippen LogP contribution is 2.49. The van der Waals surface area contributed by atoms with Crippen LogP contribution in [-0.2, 0) is 6.04 Å². The highest BCUT2D eigenvalue weighted by molar-refractivity contribution is 6.95. The molecule has 0 nitrogen and oxygen atoms in total. The fraction of sp³-hybridized carbons (Fsp3) is 0.0769. The Hall–Kier alpha value is -4.20. The summed E-state index contributed by atoms with van der Waals surface area (Å²) in [6, 6.07) is 47.8. The van der Waals surface area contributed by atoms with Gasteiger partial charge in [0, 0.05) is 12.8 Å². The zero-order chi connectivity index (χ0) is 27.1. The third-order valence-corrected chi connectivity index (χ3v) is 12.2. The second-order valence-electron chi connectivity index (χ2n) is 11.0. The molecule has 5 aromatic rings. The Bertz CT molecular complexity index is 1650. The van der Waals surface area contributed by atoms with Crippen LogP contribution >= 0.6 is 0 Å². The van der Waals surface area contributed by atoms with E-state index in [4.69, 9.17) is 0 Å². The van der Waals surface area contributed by atoms with Crippen LogP contribution in [0.2, 0.25) is 0 Å². The predicted octanol–water partition coefficient (Wildman–Crippen LogP) is 9.49. The number of hydrogen-bond acceptors (Lipinski definition) is 0. The van der Waals surface area contributed by atoms with Crippen LogP contribution in [0.4, 0.5) is 0 Å². The van der Waals surface area contributed by atoms with Gasteiger partial charge < -0.3 is 0 Å². The Labute approximate surface area is 240 Å². The fourth-order valence-electron chi connectivity index (χ4n) is 6.81. The van der Waals surface area contributed by atoms with E-state index in [2.05, 4.69) is 154 Å². The lowest BCUT2D eigenvalue weighted by Gasteiger charge is -2.26. The van der Waals surface area contributed by atoms with E-state index in [0.717, 1.165) is 6.04 Å². The van der Waals surface area contributed by atoms with E-state index in [-0.39, 0.29) is 0 Å². The summed E-state index contributed by atoms with van der Waals surface area (Å²) in [7, 11) is -1.76. The Kier molecular flexibility index (Phi) is 6.46. The molecule has 0 heterocycles. The van der Waals surface area contributed by atoms with Crippen LogP contribution in [0.5, 0.6) is 0 Å². The molecule has 5 aromatic carbocycles. The zero-order valence-electron chi connectivity index (χ0n) is 23.1. The lowest BCUT2D eigenvalue weighted by Crippen LogP contribution is -2.24. The SMILES string of the molecule is CC1=C([SiH](Cc2ccccc2)C2=C(C)[CH]c3cccc(-c4ccccc4)c32)c2c(cccc2-c2ccccc2)[CH]1. The summed E-state index contributed by atoms with van der Waals surface area (Å²) >= 11 is 0. The molecule has 0 bridgehead atoms. The van der Waals surface area contributed by atoms with Crippen LogP contribution in [0.25, 0.3) is 32.6 Å². The Morgan fingerprint density at radius 2 is 0.875 bits per heavy atom. The maximum atomic E-state index is 2.43. The third-order valence-electron chi connectivity index (χ3n) is 8.47. The van der Waals surface area contributed by atoms with E-state index < -0.39 is 8.80 Å². The van der Waals surface area contributed by atoms with Gasteiger partial charge in [-0.25, -0.2) is 0 Å². The van der Waals surface area contributed by atoms with E-state index in [1.165, 1.54) is 61.2 Å². The first-order chi connectivity index (χ1) is 19.7. The topological polar surface area (TPSA) is 0 Å². The molecule has 0 saturated heterocycles. The molecule has 0 saturated carbocycles. The van der Waals surface area contributed by atoms with Gasteiger partial charge in [0.1, 0.15) is 8.80 Å². The molecule has 7 rings (SSSR count). The molecule has 2 radical (unpaired) electrons. The van der Waals surface area contributed by atoms with Crippen molar-refractivity contribution in [1.29, 1.82) is 0 Å². The van der Waals surface area contributed by atoms with Crippen LogP contribution in [0.3, 0.4) is 0 Å². The van der Waals surface area contributed by atoms with E-state index in [0.29, 0.717) is 0 Å². The molecule has 1 heteroatoms. The maximum absolute atomic E-state index is 2.43. The minimum atomic E-state index is -1.76. The molecule has 192 valence electrons. The van der Waals surface area contributed by atoms with Gasteiger partial charge in [-0.2, -0.15) is 0 Å². The summed E-state index contributed by atoms with van der Waals surface area (Å²) < 4.78 is 0. The minimum absolute atomic E-state index is 1.09. The lowest BCUT2D eigenvalue weighted by molar-refractivity contribution is 1.37. The largest absolute Gasteiger partial charge is 0.108 e. The van der Waals surface area contributed by atoms with Gasteiger partial charge in [-0.05, 0) is 74.8 Å². The summed E-state index contributed by atoms with van der Waals surface area (Å²) in [6.07, 6.45) is 4.86. The first kappa shape index (κ1) is 24.8. The van der Waals surface area contributed by atoms with Crippen molar-refractivity contribution in [2.75, 3.05) is 0 Å². The molecule has 0 fully saturated rings. The molecular weight excluding hydrogens is 497 g/mol. The van der Waals surface area contributed by atoms with E-state index in [9.17, 15) is 0 Å². The summed E-state index contributed by atoms with van der Waals surface area (Å²) in [6.45, 7) is 4.68. The Morgan fingerprint density at radius 3 is 1.32 bits per heavy atom. The smallest absolute Gasteiger partial charge is 0.0649 e. The molecule has 0 aliphatic heterocycles. The Morgan fingerprint density at radius 1 is 0.450 bits per heavy atom. The molecule has 0 atom stereocenters. The van der Waals surface area contributed by atoms with Crippen molar-refractivity contribution in [3.8, 4) is 22.3 Å². The van der Waals surface area contributed by atoms with Crippen LogP contribution in [-0.4, -0.2) is 8.80 Å². The molecule has 40 heavy (non-hydrogen) atoms. The van der Waals surface area contributed by atoms with Gasteiger partial charge in [-0.1, -0.05) is 144 Å². The van der Waals surface area contributed by atoms with Crippen LogP contribution in [0.15, 0.2) is 139 Å². The number of benzene rings is 5. The number of hydrogen-bond donors (Lipinski definition) is 0. The Balaban J connectivity index is 1.46. The predicted molar refractivity (Wildman–Crippen MR) is 173 cm³/mol. The highest BCUT2D eigenvalue weighted by atomic mass is 28.3. The van der Waals surface area contributed by atoms with E-state index in [1.54, 1.807) is 10.4 Å². The first-order valence-corrected chi connectivity index (χ1v) is 16.2. The lowest BCUT2D eigenvalue weighted by atomic mass is 9.97. The summed E-state index contributed by atoms with van der Waals surface area (Å²) in [5.74, 6) is 0. The third kappa shape index (κ3) is 4.31. The van der Waals surface area contributed by atoms with Crippen molar-refractivity contribution in [3.05, 3.63) is 179 Å². The molecular formula is C39H32Si. The van der Waals surface area contributed by atoms with Gasteiger partial charge in [0.05, 0.1) is 0 Å². The van der Waals surface area contributed by atoms with Crippen LogP contribution in [0, 0.1) is 12.8 Å². The molecule has 2 aliphatic carbocycles. The second kappa shape index (κ2) is 10.4. The van der Waals surface area contributed by atoms with Crippen molar-refractivity contribution >= 4 is 19.2 Å². The van der Waals surface area contributed by atoms with E-state index >= 15 is 0 Å². The molecule has 0 spiro atoms. The zero-order valence-corrected chi connectivity index (χ0v) is 24.2. The second-order valence-corrected chi connectivity index (χ2v) is 13.7. The van der Waals surface area contributed by atoms with Gasteiger partial charge in [0.2, 0.25) is 0 Å². The molecule has 2 aliphatic rings. The number of allylic oxidation sites excluding steroid dienone is 2.